The largest absolute Gasteiger partial charge is 0.349 e. The maximum Gasteiger partial charge on any atom is 0.257 e. The van der Waals surface area contributed by atoms with Crippen LogP contribution in [0.1, 0.15) is 39.1 Å². The second kappa shape index (κ2) is 10.2. The second-order valence-corrected chi connectivity index (χ2v) is 9.03. The molecule has 0 saturated carbocycles. The molecule has 1 fully saturated rings. The lowest BCUT2D eigenvalue weighted by atomic mass is 10.0. The number of para-hydroxylation sites is 1. The predicted octanol–water partition coefficient (Wildman–Crippen LogP) is 5.02. The van der Waals surface area contributed by atoms with Gasteiger partial charge in [-0.25, -0.2) is 9.07 Å². The van der Waals surface area contributed by atoms with E-state index in [1.807, 2.05) is 72.6 Å². The first-order valence-electron chi connectivity index (χ1n) is 12.1. The summed E-state index contributed by atoms with van der Waals surface area (Å²) in [6.45, 7) is 3.06. The molecule has 2 heterocycles. The number of rotatable bonds is 5. The van der Waals surface area contributed by atoms with Crippen LogP contribution in [0.2, 0.25) is 0 Å². The molecule has 0 bridgehead atoms. The lowest BCUT2D eigenvalue weighted by Crippen LogP contribution is -2.46. The molecule has 1 aliphatic heterocycles. The van der Waals surface area contributed by atoms with Crippen molar-refractivity contribution in [2.45, 2.75) is 25.8 Å². The van der Waals surface area contributed by atoms with Crippen LogP contribution in [0.15, 0.2) is 85.1 Å². The van der Waals surface area contributed by atoms with Gasteiger partial charge >= 0.3 is 0 Å². The molecule has 2 amide bonds. The van der Waals surface area contributed by atoms with E-state index < -0.39 is 0 Å². The van der Waals surface area contributed by atoms with Crippen LogP contribution in [0.25, 0.3) is 16.9 Å². The van der Waals surface area contributed by atoms with Gasteiger partial charge in [0.1, 0.15) is 11.5 Å². The molecule has 0 atom stereocenters. The van der Waals surface area contributed by atoms with Gasteiger partial charge in [0.2, 0.25) is 0 Å². The lowest BCUT2D eigenvalue weighted by molar-refractivity contribution is 0.0699. The molecule has 7 heteroatoms. The fraction of sp³-hybridized carbons (Fsp3) is 0.207. The van der Waals surface area contributed by atoms with Gasteiger partial charge in [-0.05, 0) is 61.7 Å². The zero-order chi connectivity index (χ0) is 25.1. The highest BCUT2D eigenvalue weighted by atomic mass is 19.1. The minimum Gasteiger partial charge on any atom is -0.349 e. The number of aromatic nitrogens is 2. The summed E-state index contributed by atoms with van der Waals surface area (Å²) in [4.78, 5) is 28.0. The van der Waals surface area contributed by atoms with Crippen molar-refractivity contribution < 1.29 is 14.0 Å². The van der Waals surface area contributed by atoms with Crippen molar-refractivity contribution in [2.24, 2.45) is 0 Å². The minimum atomic E-state index is -0.376. The Hall–Kier alpha value is -4.26. The molecule has 4 aromatic rings. The van der Waals surface area contributed by atoms with Crippen LogP contribution in [0, 0.1) is 12.7 Å². The average Bonchev–Trinajstić information content (AvgIpc) is 3.35. The number of nitrogens with zero attached hydrogens (tertiary/aromatic N) is 3. The summed E-state index contributed by atoms with van der Waals surface area (Å²) < 4.78 is 14.9. The number of benzene rings is 3. The summed E-state index contributed by atoms with van der Waals surface area (Å²) in [5, 5.41) is 7.82. The molecule has 0 spiro atoms. The Morgan fingerprint density at radius 2 is 1.58 bits per heavy atom. The van der Waals surface area contributed by atoms with Crippen molar-refractivity contribution >= 4 is 11.8 Å². The molecule has 36 heavy (non-hydrogen) atoms. The van der Waals surface area contributed by atoms with Gasteiger partial charge in [0.05, 0.1) is 11.3 Å². The Morgan fingerprint density at radius 3 is 2.28 bits per heavy atom. The molecular weight excluding hydrogens is 455 g/mol. The van der Waals surface area contributed by atoms with Gasteiger partial charge in [0.15, 0.2) is 0 Å². The van der Waals surface area contributed by atoms with Crippen molar-refractivity contribution in [3.8, 4) is 16.9 Å². The molecule has 0 aliphatic carbocycles. The number of hydrogen-bond acceptors (Lipinski definition) is 3. The number of carbonyl (C=O) groups is 2. The molecule has 1 saturated heterocycles. The number of likely N-dealkylation sites (tertiary alicyclic amines) is 1. The average molecular weight is 483 g/mol. The molecule has 0 radical (unpaired) electrons. The van der Waals surface area contributed by atoms with E-state index in [1.54, 1.807) is 4.68 Å². The lowest BCUT2D eigenvalue weighted by Gasteiger charge is -2.32. The zero-order valence-corrected chi connectivity index (χ0v) is 20.0. The maximum absolute atomic E-state index is 13.7. The van der Waals surface area contributed by atoms with Crippen LogP contribution in [0.5, 0.6) is 0 Å². The first-order valence-corrected chi connectivity index (χ1v) is 12.1. The van der Waals surface area contributed by atoms with E-state index in [0.717, 1.165) is 16.8 Å². The van der Waals surface area contributed by atoms with Crippen molar-refractivity contribution in [2.75, 3.05) is 13.1 Å². The minimum absolute atomic E-state index is 0.0468. The quantitative estimate of drug-likeness (QED) is 0.434. The summed E-state index contributed by atoms with van der Waals surface area (Å²) >= 11 is 0. The summed E-state index contributed by atoms with van der Waals surface area (Å²) in [6, 6.07) is 23.1. The Labute approximate surface area is 209 Å². The normalized spacial score (nSPS) is 14.0. The van der Waals surface area contributed by atoms with E-state index in [9.17, 15) is 14.0 Å². The summed E-state index contributed by atoms with van der Waals surface area (Å²) in [6.07, 6.45) is 3.10. The van der Waals surface area contributed by atoms with E-state index in [1.165, 1.54) is 24.3 Å². The number of piperidine rings is 1. The highest BCUT2D eigenvalue weighted by Gasteiger charge is 2.28. The molecule has 5 rings (SSSR count). The zero-order valence-electron chi connectivity index (χ0n) is 20.0. The molecule has 1 N–H and O–H groups in total. The Bertz CT molecular complexity index is 1370. The van der Waals surface area contributed by atoms with Crippen LogP contribution in [0.3, 0.4) is 0 Å². The van der Waals surface area contributed by atoms with Gasteiger partial charge in [0, 0.05) is 36.5 Å². The molecule has 1 aromatic heterocycles. The van der Waals surface area contributed by atoms with Crippen LogP contribution in [0.4, 0.5) is 4.39 Å². The van der Waals surface area contributed by atoms with Crippen molar-refractivity contribution in [1.29, 1.82) is 0 Å². The van der Waals surface area contributed by atoms with E-state index in [0.29, 0.717) is 42.8 Å². The first kappa shape index (κ1) is 23.5. The second-order valence-electron chi connectivity index (χ2n) is 9.03. The Kier molecular flexibility index (Phi) is 6.62. The van der Waals surface area contributed by atoms with Gasteiger partial charge < -0.3 is 10.2 Å². The number of hydrogen-bond donors (Lipinski definition) is 1. The van der Waals surface area contributed by atoms with Crippen molar-refractivity contribution in [1.82, 2.24) is 20.0 Å². The van der Waals surface area contributed by atoms with Gasteiger partial charge in [-0.1, -0.05) is 42.5 Å². The van der Waals surface area contributed by atoms with Gasteiger partial charge in [-0.3, -0.25) is 9.59 Å². The number of aryl methyl sites for hydroxylation is 1. The van der Waals surface area contributed by atoms with E-state index in [4.69, 9.17) is 5.10 Å². The standard InChI is InChI=1S/C29H27FN4O2/c1-20-7-5-6-10-25(20)27-26(19-34(32-27)24-8-3-2-4-9-24)29(36)33-17-15-23(16-18-33)31-28(35)21-11-13-22(30)14-12-21/h2-14,19,23H,15-18H2,1H3,(H,31,35). The van der Waals surface area contributed by atoms with Crippen LogP contribution < -0.4 is 5.32 Å². The molecule has 182 valence electrons. The first-order chi connectivity index (χ1) is 17.5. The number of carbonyl (C=O) groups excluding carboxylic acids is 2. The smallest absolute Gasteiger partial charge is 0.257 e. The number of nitrogens with one attached hydrogen (secondary N) is 1. The van der Waals surface area contributed by atoms with E-state index in [-0.39, 0.29) is 23.7 Å². The number of halogens is 1. The topological polar surface area (TPSA) is 67.2 Å². The van der Waals surface area contributed by atoms with Gasteiger partial charge in [0.25, 0.3) is 11.8 Å². The highest BCUT2D eigenvalue weighted by molar-refractivity contribution is 6.00. The third-order valence-corrected chi connectivity index (χ3v) is 6.59. The third kappa shape index (κ3) is 4.91. The Balaban J connectivity index is 1.33. The van der Waals surface area contributed by atoms with Gasteiger partial charge in [-0.15, -0.1) is 0 Å². The molecule has 0 unspecified atom stereocenters. The molecule has 1 aliphatic rings. The maximum atomic E-state index is 13.7. The van der Waals surface area contributed by atoms with Gasteiger partial charge in [-0.2, -0.15) is 5.10 Å². The monoisotopic (exact) mass is 482 g/mol. The summed E-state index contributed by atoms with van der Waals surface area (Å²) in [5.74, 6) is -0.677. The van der Waals surface area contributed by atoms with Crippen LogP contribution in [-0.4, -0.2) is 45.6 Å². The third-order valence-electron chi connectivity index (χ3n) is 6.59. The molecule has 6 nitrogen and oxygen atoms in total. The summed E-state index contributed by atoms with van der Waals surface area (Å²) in [7, 11) is 0. The molecule has 3 aromatic carbocycles. The highest BCUT2D eigenvalue weighted by Crippen LogP contribution is 2.28. The van der Waals surface area contributed by atoms with E-state index in [2.05, 4.69) is 5.32 Å². The van der Waals surface area contributed by atoms with Crippen molar-refractivity contribution in [3.63, 3.8) is 0 Å². The number of amides is 2. The fourth-order valence-electron chi connectivity index (χ4n) is 4.55. The predicted molar refractivity (Wildman–Crippen MR) is 137 cm³/mol. The SMILES string of the molecule is Cc1ccccc1-c1nn(-c2ccccc2)cc1C(=O)N1CCC(NC(=O)c2ccc(F)cc2)CC1. The van der Waals surface area contributed by atoms with Crippen LogP contribution >= 0.6 is 0 Å². The van der Waals surface area contributed by atoms with Crippen molar-refractivity contribution in [3.05, 3.63) is 108 Å². The fourth-order valence-corrected chi connectivity index (χ4v) is 4.55. The van der Waals surface area contributed by atoms with E-state index >= 15 is 0 Å². The molecular formula is C29H27FN4O2. The van der Waals surface area contributed by atoms with Crippen LogP contribution in [-0.2, 0) is 0 Å². The Morgan fingerprint density at radius 1 is 0.917 bits per heavy atom. The summed E-state index contributed by atoms with van der Waals surface area (Å²) in [5.41, 5.74) is 4.50.